The molecule has 10 nitrogen and oxygen atoms in total. The van der Waals surface area contributed by atoms with Crippen molar-refractivity contribution in [1.29, 1.82) is 0 Å². The Morgan fingerprint density at radius 2 is 1.80 bits per heavy atom. The third-order valence-electron chi connectivity index (χ3n) is 7.69. The van der Waals surface area contributed by atoms with Gasteiger partial charge in [0.1, 0.15) is 10.8 Å². The fourth-order valence-corrected chi connectivity index (χ4v) is 7.34. The molecule has 216 valence electrons. The Morgan fingerprint density at radius 1 is 1.07 bits per heavy atom. The van der Waals surface area contributed by atoms with E-state index in [1.54, 1.807) is 13.2 Å². The first-order valence-electron chi connectivity index (χ1n) is 13.8. The summed E-state index contributed by atoms with van der Waals surface area (Å²) in [5.74, 6) is 1.82. The van der Waals surface area contributed by atoms with Crippen molar-refractivity contribution in [3.63, 3.8) is 0 Å². The van der Waals surface area contributed by atoms with Crippen molar-refractivity contribution in [2.45, 2.75) is 75.2 Å². The maximum absolute atomic E-state index is 13.1. The van der Waals surface area contributed by atoms with E-state index in [-0.39, 0.29) is 22.0 Å². The molecule has 12 heteroatoms. The number of aryl methyl sites for hydroxylation is 2. The lowest BCUT2D eigenvalue weighted by Crippen LogP contribution is -2.29. The lowest BCUT2D eigenvalue weighted by atomic mass is 9.86. The van der Waals surface area contributed by atoms with E-state index in [2.05, 4.69) is 56.7 Å². The van der Waals surface area contributed by atoms with E-state index in [4.69, 9.17) is 16.3 Å². The third kappa shape index (κ3) is 6.06. The van der Waals surface area contributed by atoms with Crippen LogP contribution in [0.3, 0.4) is 0 Å². The van der Waals surface area contributed by atoms with Gasteiger partial charge in [0.05, 0.1) is 28.9 Å². The molecule has 0 atom stereocenters. The number of ether oxygens (including phenoxy) is 1. The number of piperidine rings is 1. The zero-order chi connectivity index (χ0) is 28.6. The Labute approximate surface area is 241 Å². The molecule has 2 N–H and O–H groups in total. The minimum Gasteiger partial charge on any atom is -0.489 e. The third-order valence-corrected chi connectivity index (χ3v) is 10.2. The number of nitrogens with one attached hydrogen (secondary N) is 2. The summed E-state index contributed by atoms with van der Waals surface area (Å²) in [4.78, 5) is 11.3. The monoisotopic (exact) mass is 587 g/mol. The summed E-state index contributed by atoms with van der Waals surface area (Å²) in [5.41, 5.74) is 3.58. The molecule has 1 saturated carbocycles. The number of hydrogen-bond donors (Lipinski definition) is 2. The number of nitrogens with zero attached hydrogens (tertiary/aromatic N) is 5. The van der Waals surface area contributed by atoms with Crippen LogP contribution in [0.15, 0.2) is 29.6 Å². The van der Waals surface area contributed by atoms with Crippen LogP contribution in [-0.4, -0.2) is 64.6 Å². The smallest absolute Gasteiger partial charge is 0.229 e. The van der Waals surface area contributed by atoms with Crippen LogP contribution in [0.5, 0.6) is 5.75 Å². The van der Waals surface area contributed by atoms with Gasteiger partial charge in [0.15, 0.2) is 5.82 Å². The van der Waals surface area contributed by atoms with E-state index in [1.165, 1.54) is 22.0 Å². The van der Waals surface area contributed by atoms with Crippen LogP contribution in [0, 0.1) is 6.92 Å². The van der Waals surface area contributed by atoms with Gasteiger partial charge in [0.25, 0.3) is 0 Å². The van der Waals surface area contributed by atoms with Crippen LogP contribution < -0.4 is 15.4 Å². The SMILES string of the molecule is Cc1cc(Nc2ncc(Cl)c(Nc3cn(C)nc3S(=O)(=O)C3CCC3)n2)c(OC(C)C)cc1C1CCN(C)CC1. The molecular weight excluding hydrogens is 550 g/mol. The van der Waals surface area contributed by atoms with Crippen molar-refractivity contribution in [1.82, 2.24) is 24.6 Å². The highest BCUT2D eigenvalue weighted by Gasteiger charge is 2.36. The van der Waals surface area contributed by atoms with Crippen molar-refractivity contribution in [3.05, 3.63) is 40.7 Å². The van der Waals surface area contributed by atoms with Crippen LogP contribution in [0.1, 0.15) is 63.0 Å². The molecule has 2 aromatic heterocycles. The molecule has 40 heavy (non-hydrogen) atoms. The number of benzene rings is 1. The van der Waals surface area contributed by atoms with Gasteiger partial charge in [-0.2, -0.15) is 10.1 Å². The first kappa shape index (κ1) is 28.6. The number of sulfone groups is 1. The van der Waals surface area contributed by atoms with Gasteiger partial charge in [-0.25, -0.2) is 13.4 Å². The second-order valence-electron chi connectivity index (χ2n) is 11.2. The Morgan fingerprint density at radius 3 is 2.45 bits per heavy atom. The maximum Gasteiger partial charge on any atom is 0.229 e. The lowest BCUT2D eigenvalue weighted by molar-refractivity contribution is 0.241. The quantitative estimate of drug-likeness (QED) is 0.331. The molecule has 2 aliphatic rings. The average Bonchev–Trinajstić information content (AvgIpc) is 3.23. The van der Waals surface area contributed by atoms with Crippen LogP contribution in [0.2, 0.25) is 5.02 Å². The normalized spacial score (nSPS) is 17.2. The minimum absolute atomic E-state index is 0.0108. The highest BCUT2D eigenvalue weighted by atomic mass is 35.5. The van der Waals surface area contributed by atoms with Crippen LogP contribution in [-0.2, 0) is 16.9 Å². The predicted octanol–water partition coefficient (Wildman–Crippen LogP) is 5.58. The van der Waals surface area contributed by atoms with Gasteiger partial charge in [-0.05, 0) is 95.8 Å². The molecule has 0 amide bonds. The second kappa shape index (κ2) is 11.5. The van der Waals surface area contributed by atoms with Crippen LogP contribution >= 0.6 is 11.6 Å². The average molecular weight is 588 g/mol. The summed E-state index contributed by atoms with van der Waals surface area (Å²) in [6, 6.07) is 4.23. The summed E-state index contributed by atoms with van der Waals surface area (Å²) in [6.07, 6.45) is 7.54. The molecule has 1 aliphatic heterocycles. The van der Waals surface area contributed by atoms with Crippen molar-refractivity contribution in [2.75, 3.05) is 30.8 Å². The summed E-state index contributed by atoms with van der Waals surface area (Å²) in [6.45, 7) is 8.30. The molecule has 3 heterocycles. The van der Waals surface area contributed by atoms with Crippen LogP contribution in [0.25, 0.3) is 0 Å². The van der Waals surface area contributed by atoms with E-state index in [0.29, 0.717) is 30.4 Å². The van der Waals surface area contributed by atoms with Gasteiger partial charge in [-0.15, -0.1) is 0 Å². The van der Waals surface area contributed by atoms with Gasteiger partial charge >= 0.3 is 0 Å². The fraction of sp³-hybridized carbons (Fsp3) is 0.536. The summed E-state index contributed by atoms with van der Waals surface area (Å²) in [5, 5.41) is 10.5. The molecule has 0 unspecified atom stereocenters. The van der Waals surface area contributed by atoms with E-state index in [0.717, 1.165) is 43.8 Å². The van der Waals surface area contributed by atoms with Gasteiger partial charge in [0.2, 0.25) is 20.8 Å². The van der Waals surface area contributed by atoms with Gasteiger partial charge in [-0.3, -0.25) is 4.68 Å². The molecule has 0 radical (unpaired) electrons. The van der Waals surface area contributed by atoms with Gasteiger partial charge in [-0.1, -0.05) is 18.0 Å². The summed E-state index contributed by atoms with van der Waals surface area (Å²) >= 11 is 6.45. The van der Waals surface area contributed by atoms with Crippen LogP contribution in [0.4, 0.5) is 23.1 Å². The molecule has 1 aliphatic carbocycles. The number of likely N-dealkylation sites (tertiary alicyclic amines) is 1. The molecule has 1 aromatic carbocycles. The standard InChI is InChI=1S/C28H38ClN7O3S/c1-17(2)39-25-14-21(19-9-11-35(4)12-10-19)18(3)13-23(25)32-28-30-15-22(29)26(33-28)31-24-16-36(5)34-27(24)40(37,38)20-7-6-8-20/h13-17,19-20H,6-12H2,1-5H3,(H2,30,31,32,33). The summed E-state index contributed by atoms with van der Waals surface area (Å²) in [7, 11) is 0.298. The predicted molar refractivity (Wildman–Crippen MR) is 158 cm³/mol. The number of hydrogen-bond acceptors (Lipinski definition) is 9. The Balaban J connectivity index is 1.43. The van der Waals surface area contributed by atoms with E-state index < -0.39 is 15.1 Å². The molecular formula is C28H38ClN7O3S. The topological polar surface area (TPSA) is 114 Å². The molecule has 1 saturated heterocycles. The molecule has 0 bridgehead atoms. The second-order valence-corrected chi connectivity index (χ2v) is 13.8. The maximum atomic E-state index is 13.1. The first-order chi connectivity index (χ1) is 19.0. The van der Waals surface area contributed by atoms with Crippen molar-refractivity contribution < 1.29 is 13.2 Å². The molecule has 2 fully saturated rings. The highest BCUT2D eigenvalue weighted by Crippen LogP contribution is 2.39. The number of rotatable bonds is 9. The Bertz CT molecular complexity index is 1480. The Hall–Kier alpha value is -2.89. The largest absolute Gasteiger partial charge is 0.489 e. The zero-order valence-electron chi connectivity index (χ0n) is 23.7. The minimum atomic E-state index is -3.56. The molecule has 5 rings (SSSR count). The van der Waals surface area contributed by atoms with Gasteiger partial charge in [0, 0.05) is 13.2 Å². The van der Waals surface area contributed by atoms with E-state index >= 15 is 0 Å². The summed E-state index contributed by atoms with van der Waals surface area (Å²) < 4.78 is 34.0. The number of halogens is 1. The highest BCUT2D eigenvalue weighted by molar-refractivity contribution is 7.92. The number of anilines is 4. The molecule has 3 aromatic rings. The van der Waals surface area contributed by atoms with Crippen molar-refractivity contribution in [2.24, 2.45) is 7.05 Å². The van der Waals surface area contributed by atoms with Crippen molar-refractivity contribution in [3.8, 4) is 5.75 Å². The zero-order valence-corrected chi connectivity index (χ0v) is 25.3. The number of aromatic nitrogens is 4. The first-order valence-corrected chi connectivity index (χ1v) is 15.8. The molecule has 0 spiro atoms. The van der Waals surface area contributed by atoms with Crippen molar-refractivity contribution >= 4 is 44.6 Å². The van der Waals surface area contributed by atoms with E-state index in [9.17, 15) is 8.42 Å². The Kier molecular flexibility index (Phi) is 8.26. The van der Waals surface area contributed by atoms with E-state index in [1.807, 2.05) is 13.8 Å². The van der Waals surface area contributed by atoms with Gasteiger partial charge < -0.3 is 20.3 Å². The lowest BCUT2D eigenvalue weighted by Gasteiger charge is -2.30. The fourth-order valence-electron chi connectivity index (χ4n) is 5.28.